The molecule has 0 saturated carbocycles. The first-order chi connectivity index (χ1) is 13.7. The van der Waals surface area contributed by atoms with Crippen LogP contribution in [0.3, 0.4) is 0 Å². The molecule has 0 aromatic heterocycles. The minimum atomic E-state index is -0.342. The summed E-state index contributed by atoms with van der Waals surface area (Å²) in [6.07, 6.45) is 1.86. The molecule has 0 atom stereocenters. The van der Waals surface area contributed by atoms with Crippen LogP contribution in [0, 0.1) is 5.82 Å². The Morgan fingerprint density at radius 2 is 1.54 bits per heavy atom. The van der Waals surface area contributed by atoms with Gasteiger partial charge in [0.25, 0.3) is 5.91 Å². The Morgan fingerprint density at radius 1 is 0.893 bits per heavy atom. The van der Waals surface area contributed by atoms with Crippen LogP contribution in [0.2, 0.25) is 0 Å². The number of nitrogens with zero attached hydrogens (tertiary/aromatic N) is 2. The number of carbonyl (C=O) groups excluding carboxylic acids is 1. The Balaban J connectivity index is 1.69. The highest BCUT2D eigenvalue weighted by Crippen LogP contribution is 2.36. The van der Waals surface area contributed by atoms with Gasteiger partial charge in [-0.25, -0.2) is 4.39 Å². The molecule has 0 radical (unpaired) electrons. The summed E-state index contributed by atoms with van der Waals surface area (Å²) in [7, 11) is 0. The van der Waals surface area contributed by atoms with Gasteiger partial charge < -0.3 is 0 Å². The normalized spacial score (nSPS) is 16.9. The van der Waals surface area contributed by atoms with Crippen LogP contribution in [0.25, 0.3) is 6.08 Å². The summed E-state index contributed by atoms with van der Waals surface area (Å²) in [5.74, 6) is -0.502. The Bertz CT molecular complexity index is 1030. The molecule has 1 fully saturated rings. The van der Waals surface area contributed by atoms with E-state index in [0.717, 1.165) is 11.1 Å². The van der Waals surface area contributed by atoms with E-state index in [2.05, 4.69) is 4.99 Å². The summed E-state index contributed by atoms with van der Waals surface area (Å²) in [5, 5.41) is 0.586. The van der Waals surface area contributed by atoms with Gasteiger partial charge in [-0.15, -0.1) is 0 Å². The molecule has 3 nitrogen and oxygen atoms in total. The van der Waals surface area contributed by atoms with E-state index in [9.17, 15) is 9.18 Å². The van der Waals surface area contributed by atoms with Crippen LogP contribution < -0.4 is 4.90 Å². The maximum Gasteiger partial charge on any atom is 0.271 e. The number of anilines is 1. The maximum atomic E-state index is 13.4. The number of halogens is 1. The number of amides is 1. The van der Waals surface area contributed by atoms with E-state index < -0.39 is 0 Å². The molecule has 5 heteroatoms. The van der Waals surface area contributed by atoms with E-state index in [4.69, 9.17) is 0 Å². The lowest BCUT2D eigenvalue weighted by atomic mass is 10.2. The molecular weight excluding hydrogens is 371 g/mol. The molecule has 0 N–H and O–H groups in total. The van der Waals surface area contributed by atoms with Gasteiger partial charge in [-0.1, -0.05) is 60.7 Å². The highest BCUT2D eigenvalue weighted by molar-refractivity contribution is 8.19. The Morgan fingerprint density at radius 3 is 2.21 bits per heavy atom. The fraction of sp³-hybridized carbons (Fsp3) is 0.0435. The first kappa shape index (κ1) is 18.2. The lowest BCUT2D eigenvalue weighted by Gasteiger charge is -2.15. The Labute approximate surface area is 167 Å². The molecule has 3 aromatic carbocycles. The van der Waals surface area contributed by atoms with Gasteiger partial charge in [0.2, 0.25) is 0 Å². The van der Waals surface area contributed by atoms with Crippen molar-refractivity contribution in [3.05, 3.63) is 107 Å². The van der Waals surface area contributed by atoms with Crippen molar-refractivity contribution in [2.45, 2.75) is 6.54 Å². The third kappa shape index (κ3) is 4.05. The summed E-state index contributed by atoms with van der Waals surface area (Å²) < 4.78 is 13.4. The van der Waals surface area contributed by atoms with Gasteiger partial charge in [0.15, 0.2) is 5.17 Å². The standard InChI is InChI=1S/C23H17FN2OS/c24-19-11-13-20(14-12-19)26-22(27)21(15-17-7-3-1-4-8-17)28-23(26)25-16-18-9-5-2-6-10-18/h1-15H,16H2. The van der Waals surface area contributed by atoms with Gasteiger partial charge in [0.05, 0.1) is 17.1 Å². The summed E-state index contributed by atoms with van der Waals surface area (Å²) in [4.78, 5) is 19.9. The molecule has 28 heavy (non-hydrogen) atoms. The summed E-state index contributed by atoms with van der Waals surface area (Å²) in [6.45, 7) is 0.465. The molecule has 0 spiro atoms. The van der Waals surface area contributed by atoms with Gasteiger partial charge in [0.1, 0.15) is 5.82 Å². The minimum absolute atomic E-state index is 0.160. The number of hydrogen-bond acceptors (Lipinski definition) is 3. The fourth-order valence-electron chi connectivity index (χ4n) is 2.84. The second kappa shape index (κ2) is 8.23. The largest absolute Gasteiger partial charge is 0.271 e. The average molecular weight is 388 g/mol. The van der Waals surface area contributed by atoms with Crippen molar-refractivity contribution >= 4 is 34.6 Å². The molecule has 3 aromatic rings. The smallest absolute Gasteiger partial charge is 0.268 e. The molecule has 1 amide bonds. The van der Waals surface area contributed by atoms with E-state index in [-0.39, 0.29) is 11.7 Å². The molecule has 1 heterocycles. The van der Waals surface area contributed by atoms with E-state index in [1.54, 1.807) is 17.0 Å². The van der Waals surface area contributed by atoms with Crippen molar-refractivity contribution in [1.29, 1.82) is 0 Å². The van der Waals surface area contributed by atoms with Crippen molar-refractivity contribution in [2.24, 2.45) is 4.99 Å². The Kier molecular flexibility index (Phi) is 5.35. The number of aliphatic imine (C=N–C) groups is 1. The molecule has 1 aliphatic heterocycles. The Hall–Kier alpha value is -3.18. The molecule has 0 unspecified atom stereocenters. The number of carbonyl (C=O) groups is 1. The zero-order valence-corrected chi connectivity index (χ0v) is 15.8. The molecule has 138 valence electrons. The quantitative estimate of drug-likeness (QED) is 0.553. The predicted molar refractivity (Wildman–Crippen MR) is 113 cm³/mol. The van der Waals surface area contributed by atoms with Crippen molar-refractivity contribution in [3.63, 3.8) is 0 Å². The SMILES string of the molecule is O=C1C(=Cc2ccccc2)SC(=NCc2ccccc2)N1c1ccc(F)cc1. The fourth-order valence-corrected chi connectivity index (χ4v) is 3.82. The van der Waals surface area contributed by atoms with Gasteiger partial charge >= 0.3 is 0 Å². The second-order valence-corrected chi connectivity index (χ2v) is 7.23. The van der Waals surface area contributed by atoms with Crippen molar-refractivity contribution in [3.8, 4) is 0 Å². The topological polar surface area (TPSA) is 32.7 Å². The van der Waals surface area contributed by atoms with Crippen molar-refractivity contribution < 1.29 is 9.18 Å². The highest BCUT2D eigenvalue weighted by Gasteiger charge is 2.34. The zero-order valence-electron chi connectivity index (χ0n) is 15.0. The van der Waals surface area contributed by atoms with Crippen LogP contribution in [0.15, 0.2) is 94.8 Å². The zero-order chi connectivity index (χ0) is 19.3. The lowest BCUT2D eigenvalue weighted by Crippen LogP contribution is -2.28. The van der Waals surface area contributed by atoms with Gasteiger partial charge in [-0.05, 0) is 53.2 Å². The first-order valence-corrected chi connectivity index (χ1v) is 9.65. The van der Waals surface area contributed by atoms with E-state index >= 15 is 0 Å². The predicted octanol–water partition coefficient (Wildman–Crippen LogP) is 5.50. The molecule has 0 bridgehead atoms. The van der Waals surface area contributed by atoms with Crippen LogP contribution in [0.1, 0.15) is 11.1 Å². The number of benzene rings is 3. The van der Waals surface area contributed by atoms with Crippen LogP contribution in [-0.4, -0.2) is 11.1 Å². The molecular formula is C23H17FN2OS. The minimum Gasteiger partial charge on any atom is -0.268 e. The third-order valence-electron chi connectivity index (χ3n) is 4.23. The number of rotatable bonds is 4. The highest BCUT2D eigenvalue weighted by atomic mass is 32.2. The molecule has 4 rings (SSSR count). The monoisotopic (exact) mass is 388 g/mol. The van der Waals surface area contributed by atoms with E-state index in [1.807, 2.05) is 66.7 Å². The van der Waals surface area contributed by atoms with Crippen LogP contribution in [-0.2, 0) is 11.3 Å². The van der Waals surface area contributed by atoms with E-state index in [0.29, 0.717) is 22.3 Å². The van der Waals surface area contributed by atoms with Crippen molar-refractivity contribution in [2.75, 3.05) is 4.90 Å². The maximum absolute atomic E-state index is 13.4. The van der Waals surface area contributed by atoms with Crippen LogP contribution >= 0.6 is 11.8 Å². The average Bonchev–Trinajstić information content (AvgIpc) is 3.04. The van der Waals surface area contributed by atoms with Gasteiger partial charge in [-0.2, -0.15) is 0 Å². The van der Waals surface area contributed by atoms with Gasteiger partial charge in [0, 0.05) is 0 Å². The number of hydrogen-bond donors (Lipinski definition) is 0. The summed E-state index contributed by atoms with van der Waals surface area (Å²) in [5.41, 5.74) is 2.60. The number of thioether (sulfide) groups is 1. The summed E-state index contributed by atoms with van der Waals surface area (Å²) >= 11 is 1.33. The summed E-state index contributed by atoms with van der Waals surface area (Å²) in [6, 6.07) is 25.4. The second-order valence-electron chi connectivity index (χ2n) is 6.22. The van der Waals surface area contributed by atoms with Gasteiger partial charge in [-0.3, -0.25) is 14.7 Å². The molecule has 1 saturated heterocycles. The first-order valence-electron chi connectivity index (χ1n) is 8.84. The van der Waals surface area contributed by atoms with Crippen molar-refractivity contribution in [1.82, 2.24) is 0 Å². The third-order valence-corrected chi connectivity index (χ3v) is 5.23. The van der Waals surface area contributed by atoms with E-state index in [1.165, 1.54) is 23.9 Å². The molecule has 0 aliphatic carbocycles. The lowest BCUT2D eigenvalue weighted by molar-refractivity contribution is -0.113. The van der Waals surface area contributed by atoms with Crippen LogP contribution in [0.4, 0.5) is 10.1 Å². The molecule has 1 aliphatic rings. The van der Waals surface area contributed by atoms with Crippen LogP contribution in [0.5, 0.6) is 0 Å². The number of amidine groups is 1.